The van der Waals surface area contributed by atoms with Crippen LogP contribution < -0.4 is 4.74 Å². The zero-order chi connectivity index (χ0) is 12.5. The van der Waals surface area contributed by atoms with Crippen LogP contribution in [0.3, 0.4) is 0 Å². The van der Waals surface area contributed by atoms with E-state index in [0.717, 1.165) is 19.5 Å². The number of esters is 1. The van der Waals surface area contributed by atoms with Crippen molar-refractivity contribution in [1.29, 1.82) is 0 Å². The Morgan fingerprint density at radius 2 is 1.31 bits per heavy atom. The summed E-state index contributed by atoms with van der Waals surface area (Å²) in [7, 11) is 0. The zero-order valence-electron chi connectivity index (χ0n) is 7.49. The van der Waals surface area contributed by atoms with Gasteiger partial charge in [-0.05, 0) is 79.6 Å². The molecule has 0 radical (unpaired) electrons. The Balaban J connectivity index is 3.39. The van der Waals surface area contributed by atoms with E-state index in [1.54, 1.807) is 0 Å². The smallest absolute Gasteiger partial charge is 0.335 e. The van der Waals surface area contributed by atoms with Gasteiger partial charge in [0.15, 0.2) is 5.75 Å². The summed E-state index contributed by atoms with van der Waals surface area (Å²) >= 11 is 16.8. The Morgan fingerprint density at radius 3 is 1.69 bits per heavy atom. The lowest BCUT2D eigenvalue weighted by molar-refractivity contribution is -0.129. The van der Waals surface area contributed by atoms with E-state index in [4.69, 9.17) is 4.74 Å². The van der Waals surface area contributed by atoms with E-state index in [1.165, 1.54) is 0 Å². The van der Waals surface area contributed by atoms with E-state index < -0.39 is 5.97 Å². The standard InChI is InChI=1S/C9H3Br5O2/c1-2-3(15)16-9-7(13)5(11)4(10)6(12)8(9)14/h2H,1H2. The molecule has 0 aromatic heterocycles. The molecule has 0 atom stereocenters. The zero-order valence-corrected chi connectivity index (χ0v) is 15.4. The molecule has 1 aromatic rings. The van der Waals surface area contributed by atoms with Gasteiger partial charge in [0, 0.05) is 10.5 Å². The highest BCUT2D eigenvalue weighted by atomic mass is 79.9. The van der Waals surface area contributed by atoms with Gasteiger partial charge in [0.1, 0.15) is 0 Å². The number of rotatable bonds is 2. The summed E-state index contributed by atoms with van der Waals surface area (Å²) in [5, 5.41) is 0. The highest BCUT2D eigenvalue weighted by Crippen LogP contribution is 2.48. The molecule has 0 spiro atoms. The minimum Gasteiger partial charge on any atom is -0.421 e. The number of hydrogen-bond donors (Lipinski definition) is 0. The van der Waals surface area contributed by atoms with Gasteiger partial charge in [-0.3, -0.25) is 0 Å². The molecule has 0 aliphatic heterocycles. The van der Waals surface area contributed by atoms with Crippen molar-refractivity contribution in [3.63, 3.8) is 0 Å². The van der Waals surface area contributed by atoms with Crippen LogP contribution in [0.2, 0.25) is 0 Å². The monoisotopic (exact) mass is 538 g/mol. The van der Waals surface area contributed by atoms with Crippen molar-refractivity contribution < 1.29 is 9.53 Å². The van der Waals surface area contributed by atoms with E-state index in [2.05, 4.69) is 86.2 Å². The van der Waals surface area contributed by atoms with Crippen LogP contribution >= 0.6 is 79.6 Å². The van der Waals surface area contributed by atoms with Gasteiger partial charge in [-0.25, -0.2) is 4.79 Å². The summed E-state index contributed by atoms with van der Waals surface area (Å²) in [6.45, 7) is 3.34. The van der Waals surface area contributed by atoms with Crippen molar-refractivity contribution in [1.82, 2.24) is 0 Å². The molecule has 0 N–H and O–H groups in total. The molecule has 86 valence electrons. The molecule has 0 aliphatic rings. The highest BCUT2D eigenvalue weighted by molar-refractivity contribution is 9.15. The predicted octanol–water partition coefficient (Wildman–Crippen LogP) is 5.59. The summed E-state index contributed by atoms with van der Waals surface area (Å²) in [6.07, 6.45) is 1.10. The maximum Gasteiger partial charge on any atom is 0.335 e. The first-order valence-electron chi connectivity index (χ1n) is 3.75. The quantitative estimate of drug-likeness (QED) is 0.160. The van der Waals surface area contributed by atoms with Crippen LogP contribution in [0.4, 0.5) is 0 Å². The molecule has 7 heteroatoms. The number of halogens is 5. The average Bonchev–Trinajstić information content (AvgIpc) is 2.29. The van der Waals surface area contributed by atoms with E-state index in [9.17, 15) is 4.79 Å². The first kappa shape index (κ1) is 14.9. The fourth-order valence-corrected chi connectivity index (χ4v) is 3.99. The number of carbonyl (C=O) groups excluding carboxylic acids is 1. The van der Waals surface area contributed by atoms with Crippen LogP contribution in [-0.2, 0) is 4.79 Å². The molecule has 1 aromatic carbocycles. The van der Waals surface area contributed by atoms with Crippen LogP contribution in [0, 0.1) is 0 Å². The van der Waals surface area contributed by atoms with Crippen LogP contribution in [-0.4, -0.2) is 5.97 Å². The molecule has 0 aliphatic carbocycles. The molecule has 0 heterocycles. The normalized spacial score (nSPS) is 10.1. The molecule has 0 unspecified atom stereocenters. The van der Waals surface area contributed by atoms with Crippen molar-refractivity contribution >= 4 is 85.6 Å². The van der Waals surface area contributed by atoms with Crippen molar-refractivity contribution in [3.05, 3.63) is 35.0 Å². The Kier molecular flexibility index (Phi) is 5.71. The van der Waals surface area contributed by atoms with E-state index in [1.807, 2.05) is 0 Å². The molecule has 1 rings (SSSR count). The second-order valence-corrected chi connectivity index (χ2v) is 6.49. The number of carbonyl (C=O) groups is 1. The van der Waals surface area contributed by atoms with Crippen molar-refractivity contribution in [3.8, 4) is 5.75 Å². The fourth-order valence-electron chi connectivity index (χ4n) is 0.817. The second kappa shape index (κ2) is 6.13. The van der Waals surface area contributed by atoms with E-state index in [-0.39, 0.29) is 0 Å². The van der Waals surface area contributed by atoms with Crippen molar-refractivity contribution in [2.45, 2.75) is 0 Å². The lowest BCUT2D eigenvalue weighted by Crippen LogP contribution is -2.05. The van der Waals surface area contributed by atoms with Gasteiger partial charge >= 0.3 is 5.97 Å². The molecule has 0 fully saturated rings. The first-order valence-corrected chi connectivity index (χ1v) is 7.72. The Labute approximate surface area is 134 Å². The maximum atomic E-state index is 11.2. The molecule has 0 saturated carbocycles. The number of benzene rings is 1. The van der Waals surface area contributed by atoms with Crippen LogP contribution in [0.1, 0.15) is 0 Å². The Hall–Kier alpha value is 0.830. The van der Waals surface area contributed by atoms with E-state index in [0.29, 0.717) is 14.7 Å². The molecule has 0 saturated heterocycles. The minimum absolute atomic E-state index is 0.381. The Bertz CT molecular complexity index is 440. The molecule has 16 heavy (non-hydrogen) atoms. The molecular formula is C9H3Br5O2. The fraction of sp³-hybridized carbons (Fsp3) is 0. The SMILES string of the molecule is C=CC(=O)Oc1c(Br)c(Br)c(Br)c(Br)c1Br. The molecule has 0 amide bonds. The summed E-state index contributed by atoms with van der Waals surface area (Å²) < 4.78 is 8.67. The third-order valence-corrected chi connectivity index (χ3v) is 7.56. The van der Waals surface area contributed by atoms with Gasteiger partial charge in [-0.15, -0.1) is 0 Å². The second-order valence-electron chi connectivity index (χ2n) is 2.52. The van der Waals surface area contributed by atoms with Crippen molar-refractivity contribution in [2.75, 3.05) is 0 Å². The average molecular weight is 543 g/mol. The highest BCUT2D eigenvalue weighted by Gasteiger charge is 2.20. The van der Waals surface area contributed by atoms with Gasteiger partial charge in [0.25, 0.3) is 0 Å². The largest absolute Gasteiger partial charge is 0.421 e. The van der Waals surface area contributed by atoms with Crippen LogP contribution in [0.5, 0.6) is 5.75 Å². The Morgan fingerprint density at radius 1 is 0.938 bits per heavy atom. The molecule has 2 nitrogen and oxygen atoms in total. The van der Waals surface area contributed by atoms with E-state index >= 15 is 0 Å². The maximum absolute atomic E-state index is 11.2. The first-order chi connectivity index (χ1) is 7.40. The van der Waals surface area contributed by atoms with Crippen LogP contribution in [0.15, 0.2) is 35.0 Å². The van der Waals surface area contributed by atoms with Gasteiger partial charge in [-0.2, -0.15) is 0 Å². The minimum atomic E-state index is -0.525. The van der Waals surface area contributed by atoms with Crippen molar-refractivity contribution in [2.24, 2.45) is 0 Å². The van der Waals surface area contributed by atoms with Gasteiger partial charge in [0.05, 0.1) is 17.9 Å². The topological polar surface area (TPSA) is 26.3 Å². The summed E-state index contributed by atoms with van der Waals surface area (Å²) in [5.74, 6) is -0.144. The summed E-state index contributed by atoms with van der Waals surface area (Å²) in [6, 6.07) is 0. The third kappa shape index (κ3) is 2.98. The molecular weight excluding hydrogens is 540 g/mol. The lowest BCUT2D eigenvalue weighted by atomic mass is 10.3. The van der Waals surface area contributed by atoms with Crippen LogP contribution in [0.25, 0.3) is 0 Å². The van der Waals surface area contributed by atoms with Gasteiger partial charge in [-0.1, -0.05) is 6.58 Å². The lowest BCUT2D eigenvalue weighted by Gasteiger charge is -2.12. The number of ether oxygens (including phenoxy) is 1. The predicted molar refractivity (Wildman–Crippen MR) is 80.8 cm³/mol. The third-order valence-electron chi connectivity index (χ3n) is 1.54. The molecule has 0 bridgehead atoms. The van der Waals surface area contributed by atoms with Gasteiger partial charge < -0.3 is 4.74 Å². The summed E-state index contributed by atoms with van der Waals surface area (Å²) in [4.78, 5) is 11.2. The summed E-state index contributed by atoms with van der Waals surface area (Å²) in [5.41, 5.74) is 0. The number of hydrogen-bond acceptors (Lipinski definition) is 2. The van der Waals surface area contributed by atoms with Gasteiger partial charge in [0.2, 0.25) is 0 Å².